The Bertz CT molecular complexity index is 1050. The molecule has 182 valence electrons. The van der Waals surface area contributed by atoms with Gasteiger partial charge in [-0.25, -0.2) is 4.79 Å². The fraction of sp³-hybridized carbons (Fsp3) is 0.476. The van der Waals surface area contributed by atoms with E-state index in [9.17, 15) is 32.7 Å². The van der Waals surface area contributed by atoms with Gasteiger partial charge in [0.25, 0.3) is 11.3 Å². The summed E-state index contributed by atoms with van der Waals surface area (Å²) in [6, 6.07) is 6.09. The Morgan fingerprint density at radius 1 is 1.09 bits per heavy atom. The number of hydrogen-bond donors (Lipinski definition) is 2. The van der Waals surface area contributed by atoms with Gasteiger partial charge in [-0.05, 0) is 30.7 Å². The van der Waals surface area contributed by atoms with Crippen LogP contribution in [0, 0.1) is 0 Å². The van der Waals surface area contributed by atoms with Gasteiger partial charge in [-0.2, -0.15) is 13.2 Å². The van der Waals surface area contributed by atoms with Crippen molar-refractivity contribution in [2.24, 2.45) is 14.1 Å². The van der Waals surface area contributed by atoms with Gasteiger partial charge in [-0.1, -0.05) is 0 Å². The van der Waals surface area contributed by atoms with E-state index in [0.29, 0.717) is 44.2 Å². The number of rotatable bonds is 12. The van der Waals surface area contributed by atoms with Crippen LogP contribution in [-0.4, -0.2) is 70.5 Å². The minimum Gasteiger partial charge on any atom is -0.494 e. The molecule has 0 saturated heterocycles. The summed E-state index contributed by atoms with van der Waals surface area (Å²) in [6.45, 7) is 2.16. The quantitative estimate of drug-likeness (QED) is 0.351. The highest BCUT2D eigenvalue weighted by molar-refractivity contribution is 6.00. The molecule has 0 bridgehead atoms. The van der Waals surface area contributed by atoms with E-state index in [1.807, 2.05) is 4.90 Å². The molecule has 2 aromatic rings. The smallest absolute Gasteiger partial charge is 0.454 e. The number of carbonyl (C=O) groups is 1. The standard InChI is InChI=1S/C21H27F3N4O5/c1-26-17(14-18(30)27(2)20(26)32)25-8-10-28(11-12-29)9-3-13-33-16-6-4-15(5-7-16)19(31)21(22,23)24/h4-7,14,25,29H,3,8-13H2,1-2H3. The number of nitrogens with zero attached hydrogens (tertiary/aromatic N) is 3. The van der Waals surface area contributed by atoms with Gasteiger partial charge in [0.15, 0.2) is 0 Å². The first-order valence-corrected chi connectivity index (χ1v) is 10.2. The number of aliphatic hydroxyl groups is 1. The molecule has 1 aromatic carbocycles. The maximum Gasteiger partial charge on any atom is 0.454 e. The van der Waals surface area contributed by atoms with E-state index in [1.54, 1.807) is 7.05 Å². The zero-order valence-electron chi connectivity index (χ0n) is 18.4. The lowest BCUT2D eigenvalue weighted by molar-refractivity contribution is -0.0885. The first-order valence-electron chi connectivity index (χ1n) is 10.2. The Hall–Kier alpha value is -3.12. The van der Waals surface area contributed by atoms with Crippen LogP contribution in [0.5, 0.6) is 5.75 Å². The molecule has 0 spiro atoms. The summed E-state index contributed by atoms with van der Waals surface area (Å²) in [5.74, 6) is -1.17. The van der Waals surface area contributed by atoms with Crippen LogP contribution in [0.3, 0.4) is 0 Å². The Morgan fingerprint density at radius 2 is 1.76 bits per heavy atom. The second kappa shape index (κ2) is 11.7. The fourth-order valence-electron chi connectivity index (χ4n) is 3.07. The highest BCUT2D eigenvalue weighted by Crippen LogP contribution is 2.23. The molecule has 0 saturated carbocycles. The predicted octanol–water partition coefficient (Wildman–Crippen LogP) is 1.00. The maximum absolute atomic E-state index is 12.4. The number of aromatic nitrogens is 2. The van der Waals surface area contributed by atoms with Crippen LogP contribution in [0.4, 0.5) is 19.0 Å². The molecule has 0 aliphatic heterocycles. The molecule has 0 unspecified atom stereocenters. The molecule has 2 N–H and O–H groups in total. The maximum atomic E-state index is 12.4. The fourth-order valence-corrected chi connectivity index (χ4v) is 3.07. The van der Waals surface area contributed by atoms with Crippen molar-refractivity contribution in [1.82, 2.24) is 14.0 Å². The summed E-state index contributed by atoms with van der Waals surface area (Å²) in [4.78, 5) is 36.9. The summed E-state index contributed by atoms with van der Waals surface area (Å²) in [6.07, 6.45) is -4.34. The first-order chi connectivity index (χ1) is 15.5. The summed E-state index contributed by atoms with van der Waals surface area (Å²) in [5, 5.41) is 12.3. The monoisotopic (exact) mass is 472 g/mol. The van der Waals surface area contributed by atoms with Crippen molar-refractivity contribution in [3.8, 4) is 5.75 Å². The Balaban J connectivity index is 1.80. The van der Waals surface area contributed by atoms with Crippen molar-refractivity contribution in [3.63, 3.8) is 0 Å². The third-order valence-electron chi connectivity index (χ3n) is 4.94. The van der Waals surface area contributed by atoms with E-state index in [-0.39, 0.29) is 13.2 Å². The van der Waals surface area contributed by atoms with Gasteiger partial charge in [-0.3, -0.25) is 23.6 Å². The van der Waals surface area contributed by atoms with Crippen LogP contribution in [0.2, 0.25) is 0 Å². The Kier molecular flexibility index (Phi) is 9.23. The number of benzene rings is 1. The minimum absolute atomic E-state index is 0.0556. The molecule has 0 fully saturated rings. The number of ether oxygens (including phenoxy) is 1. The number of Topliss-reactive ketones (excluding diaryl/α,β-unsaturated/α-hetero) is 1. The average molecular weight is 472 g/mol. The number of nitrogens with one attached hydrogen (secondary N) is 1. The molecule has 9 nitrogen and oxygen atoms in total. The van der Waals surface area contributed by atoms with E-state index < -0.39 is 28.8 Å². The first kappa shape index (κ1) is 26.1. The third kappa shape index (κ3) is 7.46. The van der Waals surface area contributed by atoms with E-state index in [0.717, 1.165) is 16.7 Å². The number of alkyl halides is 3. The zero-order valence-corrected chi connectivity index (χ0v) is 18.4. The number of carbonyl (C=O) groups excluding carboxylic acids is 1. The second-order valence-electron chi connectivity index (χ2n) is 7.31. The second-order valence-corrected chi connectivity index (χ2v) is 7.31. The molecule has 2 rings (SSSR count). The van der Waals surface area contributed by atoms with Gasteiger partial charge in [0, 0.05) is 51.9 Å². The molecular weight excluding hydrogens is 445 g/mol. The van der Waals surface area contributed by atoms with Gasteiger partial charge in [0.1, 0.15) is 11.6 Å². The van der Waals surface area contributed by atoms with Crippen molar-refractivity contribution in [3.05, 3.63) is 56.7 Å². The molecular formula is C21H27F3N4O5. The van der Waals surface area contributed by atoms with Crippen LogP contribution < -0.4 is 21.3 Å². The SMILES string of the molecule is Cn1c(NCCN(CCO)CCCOc2ccc(C(=O)C(F)(F)F)cc2)cc(=O)n(C)c1=O. The van der Waals surface area contributed by atoms with Crippen LogP contribution >= 0.6 is 0 Å². The molecule has 12 heteroatoms. The van der Waals surface area contributed by atoms with Gasteiger partial charge in [-0.15, -0.1) is 0 Å². The summed E-state index contributed by atoms with van der Waals surface area (Å²) in [7, 11) is 2.95. The predicted molar refractivity (Wildman–Crippen MR) is 116 cm³/mol. The molecule has 1 aromatic heterocycles. The topological polar surface area (TPSA) is 106 Å². The number of hydrogen-bond acceptors (Lipinski definition) is 7. The summed E-state index contributed by atoms with van der Waals surface area (Å²) in [5.41, 5.74) is -1.31. The minimum atomic E-state index is -4.92. The van der Waals surface area contributed by atoms with Crippen LogP contribution in [0.25, 0.3) is 0 Å². The highest BCUT2D eigenvalue weighted by Gasteiger charge is 2.39. The Morgan fingerprint density at radius 3 is 2.36 bits per heavy atom. The molecule has 0 radical (unpaired) electrons. The Labute approximate surface area is 188 Å². The lowest BCUT2D eigenvalue weighted by atomic mass is 10.1. The molecule has 0 aliphatic rings. The molecule has 0 amide bonds. The van der Waals surface area contributed by atoms with E-state index in [4.69, 9.17) is 4.74 Å². The largest absolute Gasteiger partial charge is 0.494 e. The average Bonchev–Trinajstić information content (AvgIpc) is 2.77. The lowest BCUT2D eigenvalue weighted by Crippen LogP contribution is -2.38. The van der Waals surface area contributed by atoms with Gasteiger partial charge in [0.05, 0.1) is 13.2 Å². The lowest BCUT2D eigenvalue weighted by Gasteiger charge is -2.22. The molecule has 1 heterocycles. The van der Waals surface area contributed by atoms with E-state index >= 15 is 0 Å². The van der Waals surface area contributed by atoms with Crippen molar-refractivity contribution < 1.29 is 27.8 Å². The van der Waals surface area contributed by atoms with Crippen LogP contribution in [0.1, 0.15) is 16.8 Å². The van der Waals surface area contributed by atoms with Crippen molar-refractivity contribution in [2.75, 3.05) is 44.7 Å². The normalized spacial score (nSPS) is 11.6. The van der Waals surface area contributed by atoms with Crippen LogP contribution in [-0.2, 0) is 14.1 Å². The van der Waals surface area contributed by atoms with Crippen molar-refractivity contribution in [1.29, 1.82) is 0 Å². The van der Waals surface area contributed by atoms with Crippen molar-refractivity contribution >= 4 is 11.6 Å². The summed E-state index contributed by atoms with van der Waals surface area (Å²) >= 11 is 0. The number of ketones is 1. The van der Waals surface area contributed by atoms with Gasteiger partial charge in [0.2, 0.25) is 0 Å². The van der Waals surface area contributed by atoms with Crippen molar-refractivity contribution in [2.45, 2.75) is 12.6 Å². The van der Waals surface area contributed by atoms with Gasteiger partial charge >= 0.3 is 11.9 Å². The number of anilines is 1. The van der Waals surface area contributed by atoms with E-state index in [1.165, 1.54) is 29.8 Å². The van der Waals surface area contributed by atoms with E-state index in [2.05, 4.69) is 5.32 Å². The van der Waals surface area contributed by atoms with Gasteiger partial charge < -0.3 is 15.2 Å². The third-order valence-corrected chi connectivity index (χ3v) is 4.94. The summed E-state index contributed by atoms with van der Waals surface area (Å²) < 4.78 is 45.2. The molecule has 33 heavy (non-hydrogen) atoms. The zero-order chi connectivity index (χ0) is 24.6. The number of halogens is 3. The number of aliphatic hydroxyl groups excluding tert-OH is 1. The van der Waals surface area contributed by atoms with Crippen LogP contribution in [0.15, 0.2) is 39.9 Å². The molecule has 0 atom stereocenters. The molecule has 0 aliphatic carbocycles. The highest BCUT2D eigenvalue weighted by atomic mass is 19.4.